The van der Waals surface area contributed by atoms with E-state index in [1.54, 1.807) is 7.11 Å². The minimum Gasteiger partial charge on any atom is -0.456 e. The molecule has 0 aliphatic heterocycles. The third-order valence-corrected chi connectivity index (χ3v) is 2.32. The summed E-state index contributed by atoms with van der Waals surface area (Å²) >= 11 is 0. The SMILES string of the molecule is COCCNCCNC(=O)c1oc(C)cc1C. The van der Waals surface area contributed by atoms with Crippen LogP contribution in [0.2, 0.25) is 0 Å². The number of nitrogens with one attached hydrogen (secondary N) is 2. The molecule has 17 heavy (non-hydrogen) atoms. The lowest BCUT2D eigenvalue weighted by Crippen LogP contribution is -2.33. The second-order valence-corrected chi connectivity index (χ2v) is 3.87. The maximum Gasteiger partial charge on any atom is 0.287 e. The van der Waals surface area contributed by atoms with E-state index in [9.17, 15) is 4.79 Å². The van der Waals surface area contributed by atoms with Crippen LogP contribution in [0.1, 0.15) is 21.9 Å². The molecule has 0 saturated carbocycles. The molecule has 0 unspecified atom stereocenters. The van der Waals surface area contributed by atoms with Gasteiger partial charge in [-0.1, -0.05) is 0 Å². The number of carbonyl (C=O) groups excluding carboxylic acids is 1. The molecule has 0 bridgehead atoms. The lowest BCUT2D eigenvalue weighted by atomic mass is 10.2. The van der Waals surface area contributed by atoms with Crippen LogP contribution in [0, 0.1) is 13.8 Å². The Hall–Kier alpha value is -1.33. The molecule has 1 amide bonds. The summed E-state index contributed by atoms with van der Waals surface area (Å²) in [6, 6.07) is 1.85. The second-order valence-electron chi connectivity index (χ2n) is 3.87. The van der Waals surface area contributed by atoms with E-state index < -0.39 is 0 Å². The molecule has 1 heterocycles. The number of ether oxygens (including phenoxy) is 1. The molecule has 0 aliphatic carbocycles. The summed E-state index contributed by atoms with van der Waals surface area (Å²) < 4.78 is 10.2. The van der Waals surface area contributed by atoms with Gasteiger partial charge in [0.05, 0.1) is 6.61 Å². The lowest BCUT2D eigenvalue weighted by molar-refractivity contribution is 0.0924. The highest BCUT2D eigenvalue weighted by Crippen LogP contribution is 2.12. The first-order chi connectivity index (χ1) is 8.15. The molecule has 0 saturated heterocycles. The van der Waals surface area contributed by atoms with Crippen LogP contribution in [0.15, 0.2) is 10.5 Å². The normalized spacial score (nSPS) is 10.5. The van der Waals surface area contributed by atoms with Crippen molar-refractivity contribution < 1.29 is 13.9 Å². The summed E-state index contributed by atoms with van der Waals surface area (Å²) in [5.41, 5.74) is 0.868. The van der Waals surface area contributed by atoms with Crippen LogP contribution in [-0.4, -0.2) is 39.3 Å². The Kier molecular flexibility index (Phi) is 5.72. The van der Waals surface area contributed by atoms with Gasteiger partial charge < -0.3 is 19.8 Å². The Morgan fingerprint density at radius 1 is 1.35 bits per heavy atom. The number of hydrogen-bond donors (Lipinski definition) is 2. The highest BCUT2D eigenvalue weighted by molar-refractivity contribution is 5.92. The minimum atomic E-state index is -0.163. The van der Waals surface area contributed by atoms with Crippen LogP contribution in [0.4, 0.5) is 0 Å². The molecule has 96 valence electrons. The quantitative estimate of drug-likeness (QED) is 0.694. The molecule has 1 aromatic rings. The maximum absolute atomic E-state index is 11.7. The van der Waals surface area contributed by atoms with Gasteiger partial charge in [-0.2, -0.15) is 0 Å². The predicted octanol–water partition coefficient (Wildman–Crippen LogP) is 0.862. The van der Waals surface area contributed by atoms with E-state index in [0.717, 1.165) is 17.9 Å². The van der Waals surface area contributed by atoms with Crippen molar-refractivity contribution in [1.82, 2.24) is 10.6 Å². The first-order valence-corrected chi connectivity index (χ1v) is 5.70. The van der Waals surface area contributed by atoms with E-state index in [2.05, 4.69) is 10.6 Å². The fraction of sp³-hybridized carbons (Fsp3) is 0.583. The first-order valence-electron chi connectivity index (χ1n) is 5.70. The number of methoxy groups -OCH3 is 1. The highest BCUT2D eigenvalue weighted by Gasteiger charge is 2.13. The molecule has 0 spiro atoms. The molecular formula is C12H20N2O3. The molecule has 0 aromatic carbocycles. The first kappa shape index (κ1) is 13.7. The summed E-state index contributed by atoms with van der Waals surface area (Å²) in [4.78, 5) is 11.7. The molecule has 5 heteroatoms. The number of carbonyl (C=O) groups is 1. The zero-order chi connectivity index (χ0) is 12.7. The average molecular weight is 240 g/mol. The van der Waals surface area contributed by atoms with E-state index in [0.29, 0.717) is 25.5 Å². The number of aryl methyl sites for hydroxylation is 2. The highest BCUT2D eigenvalue weighted by atomic mass is 16.5. The van der Waals surface area contributed by atoms with Gasteiger partial charge in [-0.05, 0) is 19.9 Å². The van der Waals surface area contributed by atoms with Crippen LogP contribution >= 0.6 is 0 Å². The Labute approximate surface area is 102 Å². The molecule has 0 atom stereocenters. The van der Waals surface area contributed by atoms with E-state index in [-0.39, 0.29) is 5.91 Å². The summed E-state index contributed by atoms with van der Waals surface area (Å²) in [5, 5.41) is 5.94. The van der Waals surface area contributed by atoms with E-state index >= 15 is 0 Å². The average Bonchev–Trinajstić information content (AvgIpc) is 2.62. The molecule has 1 aromatic heterocycles. The summed E-state index contributed by atoms with van der Waals surface area (Å²) in [7, 11) is 1.66. The Balaban J connectivity index is 2.23. The van der Waals surface area contributed by atoms with Crippen molar-refractivity contribution in [2.24, 2.45) is 0 Å². The lowest BCUT2D eigenvalue weighted by Gasteiger charge is -2.05. The van der Waals surface area contributed by atoms with Crippen molar-refractivity contribution in [3.63, 3.8) is 0 Å². The van der Waals surface area contributed by atoms with E-state index in [4.69, 9.17) is 9.15 Å². The Morgan fingerprint density at radius 2 is 2.12 bits per heavy atom. The molecule has 2 N–H and O–H groups in total. The molecule has 0 fully saturated rings. The van der Waals surface area contributed by atoms with Crippen LogP contribution in [0.3, 0.4) is 0 Å². The van der Waals surface area contributed by atoms with Gasteiger partial charge in [0.15, 0.2) is 5.76 Å². The largest absolute Gasteiger partial charge is 0.456 e. The van der Waals surface area contributed by atoms with Gasteiger partial charge in [0.1, 0.15) is 5.76 Å². The summed E-state index contributed by atoms with van der Waals surface area (Å²) in [6.07, 6.45) is 0. The van der Waals surface area contributed by atoms with Crippen LogP contribution in [-0.2, 0) is 4.74 Å². The number of hydrogen-bond acceptors (Lipinski definition) is 4. The van der Waals surface area contributed by atoms with E-state index in [1.165, 1.54) is 0 Å². The number of rotatable bonds is 7. The van der Waals surface area contributed by atoms with Crippen molar-refractivity contribution in [2.75, 3.05) is 33.4 Å². The summed E-state index contributed by atoms with van der Waals surface area (Å²) in [5.74, 6) is 0.995. The topological polar surface area (TPSA) is 63.5 Å². The zero-order valence-electron chi connectivity index (χ0n) is 10.6. The molecule has 1 rings (SSSR count). The van der Waals surface area contributed by atoms with Crippen molar-refractivity contribution in [3.05, 3.63) is 23.2 Å². The monoisotopic (exact) mass is 240 g/mol. The smallest absolute Gasteiger partial charge is 0.287 e. The summed E-state index contributed by atoms with van der Waals surface area (Å²) in [6.45, 7) is 6.43. The van der Waals surface area contributed by atoms with Gasteiger partial charge in [-0.25, -0.2) is 0 Å². The third-order valence-electron chi connectivity index (χ3n) is 2.32. The van der Waals surface area contributed by atoms with Crippen molar-refractivity contribution in [2.45, 2.75) is 13.8 Å². The second kappa shape index (κ2) is 7.09. The van der Waals surface area contributed by atoms with Crippen LogP contribution in [0.5, 0.6) is 0 Å². The van der Waals surface area contributed by atoms with Crippen molar-refractivity contribution in [3.8, 4) is 0 Å². The minimum absolute atomic E-state index is 0.163. The van der Waals surface area contributed by atoms with Gasteiger partial charge in [0.2, 0.25) is 0 Å². The van der Waals surface area contributed by atoms with Gasteiger partial charge in [-0.3, -0.25) is 4.79 Å². The fourth-order valence-electron chi connectivity index (χ4n) is 1.51. The van der Waals surface area contributed by atoms with E-state index in [1.807, 2.05) is 19.9 Å². The Morgan fingerprint density at radius 3 is 2.71 bits per heavy atom. The predicted molar refractivity (Wildman–Crippen MR) is 65.3 cm³/mol. The van der Waals surface area contributed by atoms with Gasteiger partial charge in [-0.15, -0.1) is 0 Å². The van der Waals surface area contributed by atoms with Gasteiger partial charge in [0.25, 0.3) is 5.91 Å². The zero-order valence-corrected chi connectivity index (χ0v) is 10.6. The number of furan rings is 1. The molecular weight excluding hydrogens is 220 g/mol. The Bertz CT molecular complexity index is 361. The van der Waals surface area contributed by atoms with Crippen LogP contribution < -0.4 is 10.6 Å². The third kappa shape index (κ3) is 4.58. The van der Waals surface area contributed by atoms with Gasteiger partial charge in [0, 0.05) is 32.3 Å². The maximum atomic E-state index is 11.7. The fourth-order valence-corrected chi connectivity index (χ4v) is 1.51. The van der Waals surface area contributed by atoms with Crippen molar-refractivity contribution >= 4 is 5.91 Å². The standard InChI is InChI=1S/C12H20N2O3/c1-9-8-10(2)17-11(9)12(15)14-5-4-13-6-7-16-3/h8,13H,4-7H2,1-3H3,(H,14,15). The van der Waals surface area contributed by atoms with Gasteiger partial charge >= 0.3 is 0 Å². The molecule has 0 radical (unpaired) electrons. The number of amides is 1. The van der Waals surface area contributed by atoms with Crippen LogP contribution in [0.25, 0.3) is 0 Å². The molecule has 5 nitrogen and oxygen atoms in total. The van der Waals surface area contributed by atoms with Crippen molar-refractivity contribution in [1.29, 1.82) is 0 Å². The molecule has 0 aliphatic rings.